The highest BCUT2D eigenvalue weighted by Crippen LogP contribution is 2.24. The van der Waals surface area contributed by atoms with Gasteiger partial charge in [-0.3, -0.25) is 9.52 Å². The quantitative estimate of drug-likeness (QED) is 0.383. The zero-order valence-corrected chi connectivity index (χ0v) is 19.7. The van der Waals surface area contributed by atoms with Gasteiger partial charge in [0.2, 0.25) is 0 Å². The molecule has 2 aromatic carbocycles. The molecule has 9 heteroatoms. The average Bonchev–Trinajstić information content (AvgIpc) is 3.37. The number of allylic oxidation sites excluding steroid dienone is 2. The summed E-state index contributed by atoms with van der Waals surface area (Å²) in [5, 5.41) is 6.20. The molecule has 1 heterocycles. The zero-order valence-electron chi connectivity index (χ0n) is 18.9. The minimum absolute atomic E-state index is 0.0321. The molecule has 1 amide bonds. The average molecular weight is 480 g/mol. The molecule has 178 valence electrons. The van der Waals surface area contributed by atoms with Gasteiger partial charge in [0.15, 0.2) is 0 Å². The molecule has 0 bridgehead atoms. The summed E-state index contributed by atoms with van der Waals surface area (Å²) in [5.74, 6) is 0.140. The van der Waals surface area contributed by atoms with E-state index in [1.807, 2.05) is 16.8 Å². The van der Waals surface area contributed by atoms with E-state index < -0.39 is 10.0 Å². The SMILES string of the molecule is O=C(NCCn1ccnc1)c1cc(NC[C@@H]2CC=CCC2)cc(S(=O)(=O)Nc2ccccc2)c1. The first kappa shape index (κ1) is 23.6. The van der Waals surface area contributed by atoms with Crippen molar-refractivity contribution in [3.63, 3.8) is 0 Å². The minimum Gasteiger partial charge on any atom is -0.385 e. The van der Waals surface area contributed by atoms with Crippen LogP contribution in [-0.4, -0.2) is 37.0 Å². The number of imidazole rings is 1. The molecule has 0 unspecified atom stereocenters. The maximum Gasteiger partial charge on any atom is 0.261 e. The Morgan fingerprint density at radius 3 is 2.68 bits per heavy atom. The zero-order chi connectivity index (χ0) is 23.8. The smallest absolute Gasteiger partial charge is 0.261 e. The van der Waals surface area contributed by atoms with Crippen LogP contribution < -0.4 is 15.4 Å². The molecular formula is C25H29N5O3S. The van der Waals surface area contributed by atoms with Gasteiger partial charge in [-0.15, -0.1) is 0 Å². The Labute approximate surface area is 200 Å². The summed E-state index contributed by atoms with van der Waals surface area (Å²) in [6.07, 6.45) is 12.7. The van der Waals surface area contributed by atoms with Gasteiger partial charge >= 0.3 is 0 Å². The van der Waals surface area contributed by atoms with E-state index in [0.29, 0.717) is 36.9 Å². The van der Waals surface area contributed by atoms with Crippen LogP contribution in [0.2, 0.25) is 0 Å². The van der Waals surface area contributed by atoms with Crippen LogP contribution in [0.4, 0.5) is 11.4 Å². The molecule has 0 radical (unpaired) electrons. The molecule has 3 N–H and O–H groups in total. The lowest BCUT2D eigenvalue weighted by molar-refractivity contribution is 0.0952. The molecular weight excluding hydrogens is 450 g/mol. The van der Waals surface area contributed by atoms with Gasteiger partial charge in [-0.2, -0.15) is 0 Å². The number of sulfonamides is 1. The third kappa shape index (κ3) is 6.48. The molecule has 1 aromatic heterocycles. The number of hydrogen-bond acceptors (Lipinski definition) is 5. The van der Waals surface area contributed by atoms with E-state index in [2.05, 4.69) is 32.5 Å². The van der Waals surface area contributed by atoms with Crippen LogP contribution in [0.15, 0.2) is 84.3 Å². The number of para-hydroxylation sites is 1. The van der Waals surface area contributed by atoms with Crippen molar-refractivity contribution in [2.45, 2.75) is 30.7 Å². The van der Waals surface area contributed by atoms with Crippen LogP contribution in [-0.2, 0) is 16.6 Å². The van der Waals surface area contributed by atoms with Gasteiger partial charge in [0.1, 0.15) is 0 Å². The molecule has 0 aliphatic heterocycles. The Morgan fingerprint density at radius 2 is 1.94 bits per heavy atom. The molecule has 1 aliphatic carbocycles. The number of nitrogens with one attached hydrogen (secondary N) is 3. The van der Waals surface area contributed by atoms with Crippen molar-refractivity contribution >= 4 is 27.3 Å². The highest BCUT2D eigenvalue weighted by molar-refractivity contribution is 7.92. The van der Waals surface area contributed by atoms with Crippen molar-refractivity contribution < 1.29 is 13.2 Å². The number of anilines is 2. The van der Waals surface area contributed by atoms with Crippen LogP contribution in [0.25, 0.3) is 0 Å². The fourth-order valence-corrected chi connectivity index (χ4v) is 4.96. The molecule has 8 nitrogen and oxygen atoms in total. The van der Waals surface area contributed by atoms with E-state index in [4.69, 9.17) is 0 Å². The molecule has 3 aromatic rings. The van der Waals surface area contributed by atoms with Crippen molar-refractivity contribution in [1.82, 2.24) is 14.9 Å². The van der Waals surface area contributed by atoms with Gasteiger partial charge in [0, 0.05) is 49.0 Å². The topological polar surface area (TPSA) is 105 Å². The van der Waals surface area contributed by atoms with Crippen molar-refractivity contribution in [1.29, 1.82) is 0 Å². The summed E-state index contributed by atoms with van der Waals surface area (Å²) in [6, 6.07) is 13.4. The molecule has 1 atom stereocenters. The summed E-state index contributed by atoms with van der Waals surface area (Å²) in [4.78, 5) is 16.9. The highest BCUT2D eigenvalue weighted by atomic mass is 32.2. The number of rotatable bonds is 10. The summed E-state index contributed by atoms with van der Waals surface area (Å²) in [5.41, 5.74) is 1.35. The Kier molecular flexibility index (Phi) is 7.64. The number of nitrogens with zero attached hydrogens (tertiary/aromatic N) is 2. The molecule has 0 saturated heterocycles. The first-order chi connectivity index (χ1) is 16.5. The standard InChI is InChI=1S/C25H29N5O3S/c31-25(27-12-14-30-13-11-26-19-30)21-15-23(28-18-20-7-3-1-4-8-20)17-24(16-21)34(32,33)29-22-9-5-2-6-10-22/h1-3,5-6,9-11,13,15-17,19-20,28-29H,4,7-8,12,14,18H2,(H,27,31)/t20-/m1/s1. The van der Waals surface area contributed by atoms with E-state index in [0.717, 1.165) is 19.3 Å². The lowest BCUT2D eigenvalue weighted by Gasteiger charge is -2.20. The third-order valence-corrected chi connectivity index (χ3v) is 7.05. The van der Waals surface area contributed by atoms with Crippen LogP contribution in [0.5, 0.6) is 0 Å². The molecule has 34 heavy (non-hydrogen) atoms. The monoisotopic (exact) mass is 479 g/mol. The Morgan fingerprint density at radius 1 is 1.09 bits per heavy atom. The van der Waals surface area contributed by atoms with Crippen LogP contribution in [0, 0.1) is 5.92 Å². The van der Waals surface area contributed by atoms with Gasteiger partial charge < -0.3 is 15.2 Å². The second kappa shape index (κ2) is 11.0. The Hall–Kier alpha value is -3.59. The lowest BCUT2D eigenvalue weighted by Crippen LogP contribution is -2.27. The largest absolute Gasteiger partial charge is 0.385 e. The first-order valence-electron chi connectivity index (χ1n) is 11.4. The fraction of sp³-hybridized carbons (Fsp3) is 0.280. The summed E-state index contributed by atoms with van der Waals surface area (Å²) in [7, 11) is -3.88. The first-order valence-corrected chi connectivity index (χ1v) is 12.8. The van der Waals surface area contributed by atoms with Gasteiger partial charge in [-0.05, 0) is 55.5 Å². The normalized spacial score (nSPS) is 15.6. The number of amides is 1. The van der Waals surface area contributed by atoms with E-state index in [-0.39, 0.29) is 16.4 Å². The molecule has 0 saturated carbocycles. The second-order valence-electron chi connectivity index (χ2n) is 8.31. The molecule has 0 fully saturated rings. The van der Waals surface area contributed by atoms with E-state index in [1.54, 1.807) is 48.9 Å². The van der Waals surface area contributed by atoms with E-state index in [1.165, 1.54) is 6.07 Å². The second-order valence-corrected chi connectivity index (χ2v) is 9.99. The Balaban J connectivity index is 1.53. The lowest BCUT2D eigenvalue weighted by atomic mass is 9.94. The van der Waals surface area contributed by atoms with Gasteiger partial charge in [-0.25, -0.2) is 13.4 Å². The van der Waals surface area contributed by atoms with Crippen LogP contribution >= 0.6 is 0 Å². The Bertz CT molecular complexity index is 1220. The van der Waals surface area contributed by atoms with Gasteiger partial charge in [0.05, 0.1) is 11.2 Å². The van der Waals surface area contributed by atoms with Crippen LogP contribution in [0.3, 0.4) is 0 Å². The number of hydrogen-bond donors (Lipinski definition) is 3. The summed E-state index contributed by atoms with van der Waals surface area (Å²) < 4.78 is 30.7. The van der Waals surface area contributed by atoms with Crippen LogP contribution in [0.1, 0.15) is 29.6 Å². The molecule has 4 rings (SSSR count). The van der Waals surface area contributed by atoms with Crippen molar-refractivity contribution in [3.8, 4) is 0 Å². The maximum absolute atomic E-state index is 13.1. The summed E-state index contributed by atoms with van der Waals surface area (Å²) in [6.45, 7) is 1.67. The molecule has 0 spiro atoms. The fourth-order valence-electron chi connectivity index (χ4n) is 3.83. The van der Waals surface area contributed by atoms with E-state index >= 15 is 0 Å². The summed E-state index contributed by atoms with van der Waals surface area (Å²) >= 11 is 0. The highest BCUT2D eigenvalue weighted by Gasteiger charge is 2.19. The number of aromatic nitrogens is 2. The van der Waals surface area contributed by atoms with Crippen molar-refractivity contribution in [2.75, 3.05) is 23.1 Å². The predicted molar refractivity (Wildman–Crippen MR) is 133 cm³/mol. The van der Waals surface area contributed by atoms with E-state index in [9.17, 15) is 13.2 Å². The van der Waals surface area contributed by atoms with Crippen molar-refractivity contribution in [2.24, 2.45) is 5.92 Å². The number of benzene rings is 2. The molecule has 1 aliphatic rings. The number of carbonyl (C=O) groups excluding carboxylic acids is 1. The maximum atomic E-state index is 13.1. The minimum atomic E-state index is -3.88. The predicted octanol–water partition coefficient (Wildman–Crippen LogP) is 3.88. The number of carbonyl (C=O) groups is 1. The van der Waals surface area contributed by atoms with Gasteiger partial charge in [0.25, 0.3) is 15.9 Å². The third-order valence-electron chi connectivity index (χ3n) is 5.69. The van der Waals surface area contributed by atoms with Crippen molar-refractivity contribution in [3.05, 3.63) is 85.0 Å². The van der Waals surface area contributed by atoms with Gasteiger partial charge in [-0.1, -0.05) is 30.4 Å².